The Labute approximate surface area is 123 Å². The highest BCUT2D eigenvalue weighted by Crippen LogP contribution is 2.31. The van der Waals surface area contributed by atoms with Crippen LogP contribution < -0.4 is 5.56 Å². The van der Waals surface area contributed by atoms with Crippen LogP contribution in [-0.2, 0) is 0 Å². The third-order valence-electron chi connectivity index (χ3n) is 3.25. The first kappa shape index (κ1) is 13.7. The van der Waals surface area contributed by atoms with E-state index in [0.717, 1.165) is 6.07 Å². The summed E-state index contributed by atoms with van der Waals surface area (Å²) in [4.78, 5) is 18.7. The number of para-hydroxylation sites is 1. The van der Waals surface area contributed by atoms with Crippen LogP contribution in [0.3, 0.4) is 0 Å². The van der Waals surface area contributed by atoms with Crippen LogP contribution in [0, 0.1) is 18.6 Å². The van der Waals surface area contributed by atoms with Crippen LogP contribution in [0.1, 0.15) is 5.56 Å². The van der Waals surface area contributed by atoms with Gasteiger partial charge in [0.05, 0.1) is 21.5 Å². The van der Waals surface area contributed by atoms with E-state index >= 15 is 0 Å². The van der Waals surface area contributed by atoms with Crippen molar-refractivity contribution in [3.8, 4) is 11.4 Å². The highest BCUT2D eigenvalue weighted by Gasteiger charge is 2.19. The zero-order valence-corrected chi connectivity index (χ0v) is 11.6. The Bertz CT molecular complexity index is 921. The number of halogens is 3. The van der Waals surface area contributed by atoms with Gasteiger partial charge in [0, 0.05) is 5.56 Å². The van der Waals surface area contributed by atoms with Gasteiger partial charge in [0.15, 0.2) is 0 Å². The molecule has 0 fully saturated rings. The molecule has 0 spiro atoms. The van der Waals surface area contributed by atoms with Crippen molar-refractivity contribution in [3.63, 3.8) is 0 Å². The lowest BCUT2D eigenvalue weighted by molar-refractivity contribution is 0.570. The van der Waals surface area contributed by atoms with Crippen LogP contribution in [0.25, 0.3) is 22.3 Å². The fraction of sp³-hybridized carbons (Fsp3) is 0.0667. The highest BCUT2D eigenvalue weighted by molar-refractivity contribution is 6.33. The number of benzene rings is 2. The summed E-state index contributed by atoms with van der Waals surface area (Å²) >= 11 is 5.90. The lowest BCUT2D eigenvalue weighted by atomic mass is 10.1. The molecule has 6 heteroatoms. The quantitative estimate of drug-likeness (QED) is 0.742. The first-order valence-electron chi connectivity index (χ1n) is 6.12. The molecule has 0 saturated heterocycles. The minimum atomic E-state index is -0.835. The Morgan fingerprint density at radius 1 is 1.24 bits per heavy atom. The van der Waals surface area contributed by atoms with E-state index in [1.807, 2.05) is 0 Å². The predicted octanol–water partition coefficient (Wildman–Crippen LogP) is 3.83. The average molecular weight is 307 g/mol. The van der Waals surface area contributed by atoms with Crippen LogP contribution >= 0.6 is 11.6 Å². The molecule has 0 radical (unpaired) electrons. The zero-order valence-electron chi connectivity index (χ0n) is 10.9. The molecule has 0 atom stereocenters. The van der Waals surface area contributed by atoms with Crippen molar-refractivity contribution in [2.75, 3.05) is 0 Å². The van der Waals surface area contributed by atoms with Gasteiger partial charge in [-0.3, -0.25) is 4.79 Å². The lowest BCUT2D eigenvalue weighted by Crippen LogP contribution is -2.10. The zero-order chi connectivity index (χ0) is 15.1. The molecule has 1 N–H and O–H groups in total. The SMILES string of the molecule is Cc1c(F)cc(Cl)c(-c2nc3ccccc3c(=O)[nH]2)c1F. The Kier molecular flexibility index (Phi) is 3.22. The van der Waals surface area contributed by atoms with Crippen molar-refractivity contribution in [3.05, 3.63) is 62.9 Å². The van der Waals surface area contributed by atoms with Crippen LogP contribution in [0.4, 0.5) is 8.78 Å². The van der Waals surface area contributed by atoms with Gasteiger partial charge in [-0.05, 0) is 25.1 Å². The van der Waals surface area contributed by atoms with E-state index < -0.39 is 17.2 Å². The molecular formula is C15H9ClF2N2O. The third kappa shape index (κ3) is 2.19. The Hall–Kier alpha value is -2.27. The number of hydrogen-bond donors (Lipinski definition) is 1. The Morgan fingerprint density at radius 2 is 1.95 bits per heavy atom. The second kappa shape index (κ2) is 4.93. The van der Waals surface area contributed by atoms with Crippen molar-refractivity contribution < 1.29 is 8.78 Å². The number of fused-ring (bicyclic) bond motifs is 1. The van der Waals surface area contributed by atoms with Crippen LogP contribution in [-0.4, -0.2) is 9.97 Å². The molecule has 3 nitrogen and oxygen atoms in total. The summed E-state index contributed by atoms with van der Waals surface area (Å²) < 4.78 is 27.7. The Morgan fingerprint density at radius 3 is 2.71 bits per heavy atom. The lowest BCUT2D eigenvalue weighted by Gasteiger charge is -2.09. The first-order chi connectivity index (χ1) is 9.99. The van der Waals surface area contributed by atoms with Gasteiger partial charge < -0.3 is 4.98 Å². The topological polar surface area (TPSA) is 45.8 Å². The maximum Gasteiger partial charge on any atom is 0.259 e. The van der Waals surface area contributed by atoms with E-state index in [1.165, 1.54) is 6.92 Å². The molecular weight excluding hydrogens is 298 g/mol. The first-order valence-corrected chi connectivity index (χ1v) is 6.50. The minimum Gasteiger partial charge on any atom is -0.306 e. The molecule has 0 aliphatic carbocycles. The molecule has 0 unspecified atom stereocenters. The predicted molar refractivity (Wildman–Crippen MR) is 77.5 cm³/mol. The normalized spacial score (nSPS) is 11.0. The van der Waals surface area contributed by atoms with E-state index in [4.69, 9.17) is 11.6 Å². The molecule has 0 aliphatic rings. The highest BCUT2D eigenvalue weighted by atomic mass is 35.5. The molecule has 0 aliphatic heterocycles. The van der Waals surface area contributed by atoms with Gasteiger partial charge in [-0.2, -0.15) is 0 Å². The standard InChI is InChI=1S/C15H9ClF2N2O/c1-7-10(17)6-9(16)12(13(7)18)14-19-11-5-3-2-4-8(11)15(21)20-14/h2-6H,1H3,(H,19,20,21). The third-order valence-corrected chi connectivity index (χ3v) is 3.55. The maximum atomic E-state index is 14.3. The minimum absolute atomic E-state index is 0.0238. The molecule has 1 heterocycles. The second-order valence-electron chi connectivity index (χ2n) is 4.59. The number of rotatable bonds is 1. The van der Waals surface area contributed by atoms with E-state index in [0.29, 0.717) is 10.9 Å². The summed E-state index contributed by atoms with van der Waals surface area (Å²) in [6.07, 6.45) is 0. The summed E-state index contributed by atoms with van der Waals surface area (Å²) in [6, 6.07) is 7.67. The van der Waals surface area contributed by atoms with Gasteiger partial charge in [0.1, 0.15) is 17.5 Å². The summed E-state index contributed by atoms with van der Waals surface area (Å²) in [6.45, 7) is 1.30. The van der Waals surface area contributed by atoms with Crippen molar-refractivity contribution in [2.24, 2.45) is 0 Å². The van der Waals surface area contributed by atoms with Gasteiger partial charge >= 0.3 is 0 Å². The number of aromatic nitrogens is 2. The van der Waals surface area contributed by atoms with E-state index in [2.05, 4.69) is 9.97 Å². The summed E-state index contributed by atoms with van der Waals surface area (Å²) in [7, 11) is 0. The monoisotopic (exact) mass is 306 g/mol. The van der Waals surface area contributed by atoms with Gasteiger partial charge in [-0.1, -0.05) is 23.7 Å². The van der Waals surface area contributed by atoms with E-state index in [1.54, 1.807) is 24.3 Å². The average Bonchev–Trinajstić information content (AvgIpc) is 2.45. The smallest absolute Gasteiger partial charge is 0.259 e. The fourth-order valence-corrected chi connectivity index (χ4v) is 2.38. The van der Waals surface area contributed by atoms with Gasteiger partial charge in [-0.15, -0.1) is 0 Å². The van der Waals surface area contributed by atoms with Crippen LogP contribution in [0.2, 0.25) is 5.02 Å². The summed E-state index contributed by atoms with van der Waals surface area (Å²) in [5.74, 6) is -1.60. The van der Waals surface area contributed by atoms with Gasteiger partial charge in [-0.25, -0.2) is 13.8 Å². The van der Waals surface area contributed by atoms with Crippen molar-refractivity contribution in [2.45, 2.75) is 6.92 Å². The summed E-state index contributed by atoms with van der Waals surface area (Å²) in [5.41, 5.74) is -0.287. The van der Waals surface area contributed by atoms with E-state index in [9.17, 15) is 13.6 Å². The van der Waals surface area contributed by atoms with Gasteiger partial charge in [0.25, 0.3) is 5.56 Å². The molecule has 21 heavy (non-hydrogen) atoms. The molecule has 0 amide bonds. The number of H-pyrrole nitrogens is 1. The molecule has 0 bridgehead atoms. The van der Waals surface area contributed by atoms with Gasteiger partial charge in [0.2, 0.25) is 0 Å². The van der Waals surface area contributed by atoms with Crippen LogP contribution in [0.15, 0.2) is 35.1 Å². The molecule has 0 saturated carbocycles. The molecule has 106 valence electrons. The number of hydrogen-bond acceptors (Lipinski definition) is 2. The molecule has 3 rings (SSSR count). The largest absolute Gasteiger partial charge is 0.306 e. The van der Waals surface area contributed by atoms with Crippen molar-refractivity contribution in [1.82, 2.24) is 9.97 Å². The molecule has 1 aromatic heterocycles. The van der Waals surface area contributed by atoms with E-state index in [-0.39, 0.29) is 22.0 Å². The maximum absolute atomic E-state index is 14.3. The molecule has 3 aromatic rings. The second-order valence-corrected chi connectivity index (χ2v) is 4.99. The molecule has 2 aromatic carbocycles. The Balaban J connectivity index is 2.36. The fourth-order valence-electron chi connectivity index (χ4n) is 2.11. The number of nitrogens with zero attached hydrogens (tertiary/aromatic N) is 1. The van der Waals surface area contributed by atoms with Crippen molar-refractivity contribution >= 4 is 22.5 Å². The van der Waals surface area contributed by atoms with Crippen molar-refractivity contribution in [1.29, 1.82) is 0 Å². The number of aromatic amines is 1. The summed E-state index contributed by atoms with van der Waals surface area (Å²) in [5, 5.41) is 0.241. The van der Waals surface area contributed by atoms with Crippen LogP contribution in [0.5, 0.6) is 0 Å². The number of nitrogens with one attached hydrogen (secondary N) is 1.